The predicted octanol–water partition coefficient (Wildman–Crippen LogP) is 7.08. The van der Waals surface area contributed by atoms with E-state index in [2.05, 4.69) is 76.2 Å². The second-order valence-corrected chi connectivity index (χ2v) is 7.92. The number of hydrogen-bond donors (Lipinski definition) is 0. The molecule has 28 heavy (non-hydrogen) atoms. The maximum absolute atomic E-state index is 8.97. The summed E-state index contributed by atoms with van der Waals surface area (Å²) in [7, 11) is 0. The summed E-state index contributed by atoms with van der Waals surface area (Å²) in [5.74, 6) is 0.822. The summed E-state index contributed by atoms with van der Waals surface area (Å²) in [5, 5.41) is 8.97. The van der Waals surface area contributed by atoms with Crippen molar-refractivity contribution in [1.82, 2.24) is 0 Å². The zero-order valence-corrected chi connectivity index (χ0v) is 17.7. The van der Waals surface area contributed by atoms with E-state index in [1.807, 2.05) is 31.4 Å². The zero-order chi connectivity index (χ0) is 20.6. The number of ether oxygens (including phenoxy) is 1. The van der Waals surface area contributed by atoms with Crippen LogP contribution >= 0.6 is 0 Å². The van der Waals surface area contributed by atoms with Gasteiger partial charge in [-0.25, -0.2) is 0 Å². The molecule has 146 valence electrons. The van der Waals surface area contributed by atoms with E-state index in [4.69, 9.17) is 10.00 Å². The SMILES string of the molecule is C/C=C\C=C(\OC#N)C(C)C(C)(C)Cc1ccc(-c2ccc(CC)cc2)cc1. The highest BCUT2D eigenvalue weighted by Crippen LogP contribution is 2.36. The van der Waals surface area contributed by atoms with Crippen LogP contribution in [0.5, 0.6) is 0 Å². The van der Waals surface area contributed by atoms with Crippen LogP contribution in [0.15, 0.2) is 72.5 Å². The highest BCUT2D eigenvalue weighted by molar-refractivity contribution is 5.64. The molecule has 0 bridgehead atoms. The molecule has 0 fully saturated rings. The van der Waals surface area contributed by atoms with Gasteiger partial charge in [-0.1, -0.05) is 88.4 Å². The van der Waals surface area contributed by atoms with Crippen molar-refractivity contribution < 1.29 is 4.74 Å². The van der Waals surface area contributed by atoms with Crippen LogP contribution < -0.4 is 0 Å². The number of aryl methyl sites for hydroxylation is 1. The van der Waals surface area contributed by atoms with E-state index >= 15 is 0 Å². The minimum Gasteiger partial charge on any atom is -0.392 e. The lowest BCUT2D eigenvalue weighted by atomic mass is 9.74. The molecule has 2 rings (SSSR count). The summed E-state index contributed by atoms with van der Waals surface area (Å²) in [6, 6.07) is 17.6. The minimum atomic E-state index is -0.0471. The Kier molecular flexibility index (Phi) is 7.64. The Morgan fingerprint density at radius 3 is 2.04 bits per heavy atom. The second-order valence-electron chi connectivity index (χ2n) is 7.92. The lowest BCUT2D eigenvalue weighted by molar-refractivity contribution is 0.190. The van der Waals surface area contributed by atoms with Gasteiger partial charge >= 0.3 is 0 Å². The van der Waals surface area contributed by atoms with E-state index in [1.165, 1.54) is 22.3 Å². The van der Waals surface area contributed by atoms with E-state index in [0.29, 0.717) is 5.76 Å². The molecule has 0 saturated heterocycles. The molecule has 0 spiro atoms. The van der Waals surface area contributed by atoms with Crippen molar-refractivity contribution in [2.75, 3.05) is 0 Å². The largest absolute Gasteiger partial charge is 0.392 e. The van der Waals surface area contributed by atoms with Crippen LogP contribution in [0.1, 0.15) is 45.7 Å². The second kappa shape index (κ2) is 9.95. The van der Waals surface area contributed by atoms with Crippen molar-refractivity contribution in [3.05, 3.63) is 83.6 Å². The average Bonchev–Trinajstić information content (AvgIpc) is 2.71. The number of nitrogens with zero attached hydrogens (tertiary/aromatic N) is 1. The van der Waals surface area contributed by atoms with Crippen molar-refractivity contribution in [3.8, 4) is 17.4 Å². The molecule has 2 heteroatoms. The molecule has 0 aliphatic carbocycles. The lowest BCUT2D eigenvalue weighted by Gasteiger charge is -2.32. The highest BCUT2D eigenvalue weighted by Gasteiger charge is 2.30. The van der Waals surface area contributed by atoms with Crippen LogP contribution in [-0.2, 0) is 17.6 Å². The fourth-order valence-corrected chi connectivity index (χ4v) is 3.32. The molecule has 0 aromatic heterocycles. The first kappa shape index (κ1) is 21.5. The first-order chi connectivity index (χ1) is 13.4. The minimum absolute atomic E-state index is 0.0471. The Morgan fingerprint density at radius 1 is 1.04 bits per heavy atom. The summed E-state index contributed by atoms with van der Waals surface area (Å²) >= 11 is 0. The molecule has 0 radical (unpaired) electrons. The third-order valence-corrected chi connectivity index (χ3v) is 5.52. The molecule has 0 aliphatic rings. The molecule has 2 aromatic carbocycles. The van der Waals surface area contributed by atoms with Gasteiger partial charge in [-0.3, -0.25) is 0 Å². The fraction of sp³-hybridized carbons (Fsp3) is 0.346. The van der Waals surface area contributed by atoms with E-state index < -0.39 is 0 Å². The summed E-state index contributed by atoms with van der Waals surface area (Å²) < 4.78 is 5.24. The predicted molar refractivity (Wildman–Crippen MR) is 118 cm³/mol. The van der Waals surface area contributed by atoms with Gasteiger partial charge in [0.25, 0.3) is 6.26 Å². The molecule has 2 aromatic rings. The quantitative estimate of drug-likeness (QED) is 0.281. The number of benzene rings is 2. The van der Waals surface area contributed by atoms with Gasteiger partial charge < -0.3 is 4.74 Å². The van der Waals surface area contributed by atoms with E-state index in [0.717, 1.165) is 12.8 Å². The Labute approximate surface area is 170 Å². The van der Waals surface area contributed by atoms with Gasteiger partial charge in [0.1, 0.15) is 5.76 Å². The number of nitriles is 1. The molecule has 0 N–H and O–H groups in total. The van der Waals surface area contributed by atoms with Crippen LogP contribution in [0.2, 0.25) is 0 Å². The van der Waals surface area contributed by atoms with Gasteiger partial charge in [0, 0.05) is 5.92 Å². The third kappa shape index (κ3) is 5.60. The van der Waals surface area contributed by atoms with Gasteiger partial charge in [0.2, 0.25) is 0 Å². The first-order valence-corrected chi connectivity index (χ1v) is 9.98. The molecule has 2 nitrogen and oxygen atoms in total. The molecule has 1 atom stereocenters. The van der Waals surface area contributed by atoms with E-state index in [9.17, 15) is 0 Å². The normalized spacial score (nSPS) is 13.4. The van der Waals surface area contributed by atoms with E-state index in [1.54, 1.807) is 0 Å². The van der Waals surface area contributed by atoms with Crippen LogP contribution in [-0.4, -0.2) is 0 Å². The Morgan fingerprint density at radius 2 is 1.57 bits per heavy atom. The molecule has 0 amide bonds. The van der Waals surface area contributed by atoms with Crippen molar-refractivity contribution in [1.29, 1.82) is 5.26 Å². The van der Waals surface area contributed by atoms with Gasteiger partial charge in [-0.2, -0.15) is 0 Å². The van der Waals surface area contributed by atoms with Gasteiger partial charge in [0.15, 0.2) is 0 Å². The van der Waals surface area contributed by atoms with Gasteiger partial charge in [0.05, 0.1) is 0 Å². The highest BCUT2D eigenvalue weighted by atomic mass is 16.5. The first-order valence-electron chi connectivity index (χ1n) is 9.98. The standard InChI is InChI=1S/C26H31NO/c1-6-8-9-25(28-19-27)20(3)26(4,5)18-22-12-16-24(17-13-22)23-14-10-21(7-2)11-15-23/h6,8-17,20H,7,18H2,1-5H3/b8-6-,25-9+. The topological polar surface area (TPSA) is 33.0 Å². The smallest absolute Gasteiger partial charge is 0.291 e. The van der Waals surface area contributed by atoms with Crippen molar-refractivity contribution in [3.63, 3.8) is 0 Å². The monoisotopic (exact) mass is 373 g/mol. The summed E-state index contributed by atoms with van der Waals surface area (Å²) in [6.07, 6.45) is 9.53. The molecule has 1 unspecified atom stereocenters. The summed E-state index contributed by atoms with van der Waals surface area (Å²) in [6.45, 7) is 10.7. The third-order valence-electron chi connectivity index (χ3n) is 5.52. The van der Waals surface area contributed by atoms with Crippen LogP contribution in [0, 0.1) is 22.9 Å². The zero-order valence-electron chi connectivity index (χ0n) is 17.7. The maximum atomic E-state index is 8.97. The van der Waals surface area contributed by atoms with Crippen molar-refractivity contribution >= 4 is 0 Å². The molecule has 0 heterocycles. The molecule has 0 aliphatic heterocycles. The van der Waals surface area contributed by atoms with Crippen molar-refractivity contribution in [2.24, 2.45) is 11.3 Å². The Balaban J connectivity index is 2.15. The van der Waals surface area contributed by atoms with Crippen LogP contribution in [0.25, 0.3) is 11.1 Å². The lowest BCUT2D eigenvalue weighted by Crippen LogP contribution is -2.26. The Bertz CT molecular complexity index is 849. The maximum Gasteiger partial charge on any atom is 0.291 e. The fourth-order valence-electron chi connectivity index (χ4n) is 3.32. The molecular weight excluding hydrogens is 342 g/mol. The number of rotatable bonds is 8. The summed E-state index contributed by atoms with van der Waals surface area (Å²) in [4.78, 5) is 0. The van der Waals surface area contributed by atoms with Gasteiger partial charge in [-0.15, -0.1) is 5.26 Å². The number of hydrogen-bond acceptors (Lipinski definition) is 2. The van der Waals surface area contributed by atoms with E-state index in [-0.39, 0.29) is 11.3 Å². The summed E-state index contributed by atoms with van der Waals surface area (Å²) in [5.41, 5.74) is 5.08. The van der Waals surface area contributed by atoms with Crippen LogP contribution in [0.3, 0.4) is 0 Å². The van der Waals surface area contributed by atoms with Crippen LogP contribution in [0.4, 0.5) is 0 Å². The van der Waals surface area contributed by atoms with Gasteiger partial charge in [-0.05, 0) is 53.5 Å². The Hall–Kier alpha value is -2.79. The van der Waals surface area contributed by atoms with Crippen molar-refractivity contribution in [2.45, 2.75) is 47.5 Å². The number of allylic oxidation sites excluding steroid dienone is 4. The molecule has 0 saturated carbocycles. The molecular formula is C26H31NO. The average molecular weight is 374 g/mol.